The van der Waals surface area contributed by atoms with Crippen molar-refractivity contribution >= 4 is 0 Å². The van der Waals surface area contributed by atoms with E-state index in [1.54, 1.807) is 0 Å². The molecule has 104 valence electrons. The lowest BCUT2D eigenvalue weighted by Gasteiger charge is -2.42. The minimum Gasteiger partial charge on any atom is -0.375 e. The molecule has 18 heavy (non-hydrogen) atoms. The van der Waals surface area contributed by atoms with Crippen molar-refractivity contribution in [3.05, 3.63) is 0 Å². The molecule has 3 rings (SSSR count). The highest BCUT2D eigenvalue weighted by Gasteiger charge is 2.42. The Morgan fingerprint density at radius 2 is 2.06 bits per heavy atom. The first-order valence-corrected chi connectivity index (χ1v) is 7.89. The van der Waals surface area contributed by atoms with Gasteiger partial charge in [-0.05, 0) is 57.5 Å². The fourth-order valence-corrected chi connectivity index (χ4v) is 4.35. The van der Waals surface area contributed by atoms with Gasteiger partial charge in [-0.15, -0.1) is 0 Å². The molecule has 2 atom stereocenters. The number of likely N-dealkylation sites (tertiary alicyclic amines) is 1. The molecule has 1 spiro atoms. The van der Waals surface area contributed by atoms with E-state index in [1.165, 1.54) is 64.5 Å². The Kier molecular flexibility index (Phi) is 3.92. The third kappa shape index (κ3) is 2.59. The van der Waals surface area contributed by atoms with Crippen molar-refractivity contribution in [3.63, 3.8) is 0 Å². The molecule has 3 nitrogen and oxygen atoms in total. The second-order valence-corrected chi connectivity index (χ2v) is 6.61. The topological polar surface area (TPSA) is 38.5 Å². The predicted molar refractivity (Wildman–Crippen MR) is 73.5 cm³/mol. The van der Waals surface area contributed by atoms with Crippen LogP contribution in [0.3, 0.4) is 0 Å². The zero-order chi connectivity index (χ0) is 12.4. The van der Waals surface area contributed by atoms with Crippen LogP contribution in [0.4, 0.5) is 0 Å². The van der Waals surface area contributed by atoms with E-state index in [-0.39, 0.29) is 5.60 Å². The first kappa shape index (κ1) is 12.9. The van der Waals surface area contributed by atoms with E-state index in [9.17, 15) is 0 Å². The molecule has 0 amide bonds. The lowest BCUT2D eigenvalue weighted by Crippen LogP contribution is -2.46. The maximum Gasteiger partial charge on any atom is 0.0697 e. The van der Waals surface area contributed by atoms with Crippen LogP contribution >= 0.6 is 0 Å². The van der Waals surface area contributed by atoms with Gasteiger partial charge in [0.15, 0.2) is 0 Å². The molecule has 2 heterocycles. The summed E-state index contributed by atoms with van der Waals surface area (Å²) in [6, 6.07) is 0.791. The monoisotopic (exact) mass is 252 g/mol. The van der Waals surface area contributed by atoms with Crippen LogP contribution in [-0.2, 0) is 4.74 Å². The third-order valence-corrected chi connectivity index (χ3v) is 5.39. The quantitative estimate of drug-likeness (QED) is 0.836. The van der Waals surface area contributed by atoms with Crippen LogP contribution in [0.1, 0.15) is 51.4 Å². The van der Waals surface area contributed by atoms with Crippen molar-refractivity contribution in [1.29, 1.82) is 0 Å². The summed E-state index contributed by atoms with van der Waals surface area (Å²) in [6.45, 7) is 4.43. The molecule has 2 saturated heterocycles. The van der Waals surface area contributed by atoms with Crippen molar-refractivity contribution in [1.82, 2.24) is 4.90 Å². The van der Waals surface area contributed by atoms with Gasteiger partial charge in [-0.3, -0.25) is 4.90 Å². The minimum atomic E-state index is 0.273. The van der Waals surface area contributed by atoms with Gasteiger partial charge in [-0.2, -0.15) is 0 Å². The van der Waals surface area contributed by atoms with Crippen molar-refractivity contribution in [2.24, 2.45) is 11.7 Å². The van der Waals surface area contributed by atoms with Crippen molar-refractivity contribution in [3.8, 4) is 0 Å². The molecule has 0 aromatic heterocycles. The summed E-state index contributed by atoms with van der Waals surface area (Å²) in [5.41, 5.74) is 5.96. The van der Waals surface area contributed by atoms with E-state index >= 15 is 0 Å². The van der Waals surface area contributed by atoms with Gasteiger partial charge in [-0.1, -0.05) is 12.8 Å². The fourth-order valence-electron chi connectivity index (χ4n) is 4.35. The molecule has 2 N–H and O–H groups in total. The van der Waals surface area contributed by atoms with Gasteiger partial charge in [0.2, 0.25) is 0 Å². The van der Waals surface area contributed by atoms with E-state index in [0.717, 1.165) is 25.1 Å². The van der Waals surface area contributed by atoms with E-state index in [2.05, 4.69) is 4.90 Å². The van der Waals surface area contributed by atoms with Crippen LogP contribution in [-0.4, -0.2) is 42.8 Å². The Labute approximate surface area is 111 Å². The molecule has 2 unspecified atom stereocenters. The normalized spacial score (nSPS) is 36.5. The number of ether oxygens (including phenoxy) is 1. The van der Waals surface area contributed by atoms with Crippen LogP contribution in [0.25, 0.3) is 0 Å². The Balaban J connectivity index is 1.56. The van der Waals surface area contributed by atoms with Crippen LogP contribution in [0, 0.1) is 5.92 Å². The average molecular weight is 252 g/mol. The minimum absolute atomic E-state index is 0.273. The maximum atomic E-state index is 6.14. The first-order chi connectivity index (χ1) is 8.81. The lowest BCUT2D eigenvalue weighted by molar-refractivity contribution is -0.0994. The van der Waals surface area contributed by atoms with Crippen LogP contribution in [0.2, 0.25) is 0 Å². The van der Waals surface area contributed by atoms with Gasteiger partial charge >= 0.3 is 0 Å². The Morgan fingerprint density at radius 3 is 2.83 bits per heavy atom. The molecule has 0 aromatic carbocycles. The molecule has 3 aliphatic rings. The smallest absolute Gasteiger partial charge is 0.0697 e. The van der Waals surface area contributed by atoms with Gasteiger partial charge in [-0.25, -0.2) is 0 Å². The van der Waals surface area contributed by atoms with Gasteiger partial charge in [0, 0.05) is 19.2 Å². The number of hydrogen-bond acceptors (Lipinski definition) is 3. The zero-order valence-electron chi connectivity index (χ0n) is 11.6. The van der Waals surface area contributed by atoms with Crippen molar-refractivity contribution < 1.29 is 4.74 Å². The first-order valence-electron chi connectivity index (χ1n) is 7.89. The molecule has 3 heteroatoms. The van der Waals surface area contributed by atoms with Gasteiger partial charge in [0.25, 0.3) is 0 Å². The SMILES string of the molecule is NCCC1CCN(C2CCOC3(CCCC3)C2)C1. The number of rotatable bonds is 3. The summed E-state index contributed by atoms with van der Waals surface area (Å²) in [5, 5.41) is 0. The Bertz CT molecular complexity index is 276. The summed E-state index contributed by atoms with van der Waals surface area (Å²) in [6.07, 6.45) is 10.5. The third-order valence-electron chi connectivity index (χ3n) is 5.39. The molecule has 1 saturated carbocycles. The van der Waals surface area contributed by atoms with E-state index in [4.69, 9.17) is 10.5 Å². The molecule has 1 aliphatic carbocycles. The largest absolute Gasteiger partial charge is 0.375 e. The average Bonchev–Trinajstić information content (AvgIpc) is 3.00. The van der Waals surface area contributed by atoms with Crippen LogP contribution in [0.15, 0.2) is 0 Å². The number of nitrogens with zero attached hydrogens (tertiary/aromatic N) is 1. The Morgan fingerprint density at radius 1 is 1.22 bits per heavy atom. The van der Waals surface area contributed by atoms with Crippen LogP contribution < -0.4 is 5.73 Å². The number of hydrogen-bond donors (Lipinski definition) is 1. The molecule has 0 bridgehead atoms. The predicted octanol–water partition coefficient (Wildman–Crippen LogP) is 2.15. The maximum absolute atomic E-state index is 6.14. The van der Waals surface area contributed by atoms with E-state index in [1.807, 2.05) is 0 Å². The Hall–Kier alpha value is -0.120. The highest BCUT2D eigenvalue weighted by molar-refractivity contribution is 4.95. The highest BCUT2D eigenvalue weighted by Crippen LogP contribution is 2.42. The van der Waals surface area contributed by atoms with Gasteiger partial charge in [0.1, 0.15) is 0 Å². The summed E-state index contributed by atoms with van der Waals surface area (Å²) < 4.78 is 6.14. The molecule has 0 radical (unpaired) electrons. The second kappa shape index (κ2) is 5.48. The van der Waals surface area contributed by atoms with E-state index in [0.29, 0.717) is 0 Å². The fraction of sp³-hybridized carbons (Fsp3) is 1.00. The van der Waals surface area contributed by atoms with Crippen LogP contribution in [0.5, 0.6) is 0 Å². The summed E-state index contributed by atoms with van der Waals surface area (Å²) in [7, 11) is 0. The molecular weight excluding hydrogens is 224 g/mol. The molecular formula is C15H28N2O. The molecule has 2 aliphatic heterocycles. The summed E-state index contributed by atoms with van der Waals surface area (Å²) in [4.78, 5) is 2.74. The highest BCUT2D eigenvalue weighted by atomic mass is 16.5. The van der Waals surface area contributed by atoms with Crippen molar-refractivity contribution in [2.75, 3.05) is 26.2 Å². The standard InChI is InChI=1S/C15H28N2O/c16-8-3-13-4-9-17(12-13)14-5-10-18-15(11-14)6-1-2-7-15/h13-14H,1-12,16H2. The van der Waals surface area contributed by atoms with Gasteiger partial charge < -0.3 is 10.5 Å². The second-order valence-electron chi connectivity index (χ2n) is 6.61. The zero-order valence-corrected chi connectivity index (χ0v) is 11.6. The van der Waals surface area contributed by atoms with Gasteiger partial charge in [0.05, 0.1) is 5.60 Å². The lowest BCUT2D eigenvalue weighted by atomic mass is 9.88. The van der Waals surface area contributed by atoms with E-state index < -0.39 is 0 Å². The molecule has 3 fully saturated rings. The van der Waals surface area contributed by atoms with Crippen molar-refractivity contribution in [2.45, 2.75) is 63.0 Å². The molecule has 0 aromatic rings. The summed E-state index contributed by atoms with van der Waals surface area (Å²) in [5.74, 6) is 0.859. The number of nitrogens with two attached hydrogens (primary N) is 1. The summed E-state index contributed by atoms with van der Waals surface area (Å²) >= 11 is 0.